The number of halogens is 6. The second-order valence-electron chi connectivity index (χ2n) is 3.82. The van der Waals surface area contributed by atoms with Crippen LogP contribution in [0.15, 0.2) is 29.3 Å². The van der Waals surface area contributed by atoms with Crippen molar-refractivity contribution in [2.45, 2.75) is 24.9 Å². The zero-order chi connectivity index (χ0) is 14.8. The zero-order valence-corrected chi connectivity index (χ0v) is 11.2. The number of hydrogen-bond donors (Lipinski definition) is 1. The number of rotatable bonds is 5. The fourth-order valence-electron chi connectivity index (χ4n) is 1.55. The largest absolute Gasteiger partial charge is 0.392 e. The molecule has 0 atom stereocenters. The molecule has 0 saturated heterocycles. The summed E-state index contributed by atoms with van der Waals surface area (Å²) in [6, 6.07) is 1.18. The SMILES string of the molecule is C=CCC(F)(F)C(F)(F)c1ccc(F)c(Br)c1CO. The van der Waals surface area contributed by atoms with E-state index in [0.29, 0.717) is 18.2 Å². The highest BCUT2D eigenvalue weighted by atomic mass is 79.9. The number of hydrogen-bond acceptors (Lipinski definition) is 1. The van der Waals surface area contributed by atoms with Crippen LogP contribution in [0.2, 0.25) is 0 Å². The van der Waals surface area contributed by atoms with Crippen molar-refractivity contribution < 1.29 is 27.1 Å². The minimum absolute atomic E-state index is 0.457. The smallest absolute Gasteiger partial charge is 0.336 e. The Morgan fingerprint density at radius 3 is 2.32 bits per heavy atom. The second-order valence-corrected chi connectivity index (χ2v) is 4.61. The van der Waals surface area contributed by atoms with Crippen LogP contribution in [0.4, 0.5) is 22.0 Å². The molecule has 1 aromatic rings. The van der Waals surface area contributed by atoms with E-state index in [9.17, 15) is 22.0 Å². The molecular formula is C12H10BrF5O. The molecule has 19 heavy (non-hydrogen) atoms. The number of alkyl halides is 4. The van der Waals surface area contributed by atoms with E-state index in [0.717, 1.165) is 0 Å². The predicted molar refractivity (Wildman–Crippen MR) is 63.7 cm³/mol. The third-order valence-corrected chi connectivity index (χ3v) is 3.41. The zero-order valence-electron chi connectivity index (χ0n) is 9.57. The van der Waals surface area contributed by atoms with Gasteiger partial charge in [0.15, 0.2) is 0 Å². The van der Waals surface area contributed by atoms with Crippen molar-refractivity contribution in [3.05, 3.63) is 46.2 Å². The van der Waals surface area contributed by atoms with Gasteiger partial charge in [-0.25, -0.2) is 4.39 Å². The van der Waals surface area contributed by atoms with Crippen LogP contribution >= 0.6 is 15.9 Å². The Morgan fingerprint density at radius 2 is 1.84 bits per heavy atom. The second kappa shape index (κ2) is 5.58. The molecule has 0 saturated carbocycles. The van der Waals surface area contributed by atoms with Gasteiger partial charge in [0.1, 0.15) is 5.82 Å². The normalized spacial score (nSPS) is 12.6. The van der Waals surface area contributed by atoms with Gasteiger partial charge in [-0.05, 0) is 28.1 Å². The summed E-state index contributed by atoms with van der Waals surface area (Å²) in [5.74, 6) is -9.85. The van der Waals surface area contributed by atoms with Gasteiger partial charge in [-0.2, -0.15) is 17.6 Å². The van der Waals surface area contributed by atoms with Gasteiger partial charge < -0.3 is 5.11 Å². The van der Waals surface area contributed by atoms with E-state index in [-0.39, 0.29) is 0 Å². The summed E-state index contributed by atoms with van der Waals surface area (Å²) < 4.78 is 67.2. The molecule has 0 spiro atoms. The van der Waals surface area contributed by atoms with Gasteiger partial charge in [0.2, 0.25) is 0 Å². The minimum atomic E-state index is -4.55. The molecule has 1 aromatic carbocycles. The summed E-state index contributed by atoms with van der Waals surface area (Å²) in [5.41, 5.74) is -1.72. The molecule has 0 radical (unpaired) electrons. The van der Waals surface area contributed by atoms with Crippen LogP contribution in [-0.2, 0) is 12.5 Å². The molecule has 0 fully saturated rings. The van der Waals surface area contributed by atoms with Crippen LogP contribution in [0.3, 0.4) is 0 Å². The van der Waals surface area contributed by atoms with Gasteiger partial charge in [-0.1, -0.05) is 6.08 Å². The molecule has 0 bridgehead atoms. The van der Waals surface area contributed by atoms with Crippen molar-refractivity contribution in [3.8, 4) is 0 Å². The Balaban J connectivity index is 3.44. The maximum absolute atomic E-state index is 13.8. The Hall–Kier alpha value is -0.950. The van der Waals surface area contributed by atoms with Crippen molar-refractivity contribution in [2.75, 3.05) is 0 Å². The highest BCUT2D eigenvalue weighted by Gasteiger charge is 2.57. The first-order valence-corrected chi connectivity index (χ1v) is 5.93. The van der Waals surface area contributed by atoms with Gasteiger partial charge in [0.05, 0.1) is 11.1 Å². The molecule has 0 unspecified atom stereocenters. The van der Waals surface area contributed by atoms with E-state index in [1.165, 1.54) is 0 Å². The quantitative estimate of drug-likeness (QED) is 0.620. The van der Waals surface area contributed by atoms with E-state index in [4.69, 9.17) is 5.11 Å². The highest BCUT2D eigenvalue weighted by molar-refractivity contribution is 9.10. The average molecular weight is 345 g/mol. The number of aliphatic hydroxyl groups is 1. The van der Waals surface area contributed by atoms with E-state index < -0.39 is 46.3 Å². The van der Waals surface area contributed by atoms with Gasteiger partial charge >= 0.3 is 11.8 Å². The highest BCUT2D eigenvalue weighted by Crippen LogP contribution is 2.47. The lowest BCUT2D eigenvalue weighted by molar-refractivity contribution is -0.214. The topological polar surface area (TPSA) is 20.2 Å². The van der Waals surface area contributed by atoms with Crippen molar-refractivity contribution in [2.24, 2.45) is 0 Å². The lowest BCUT2D eigenvalue weighted by Crippen LogP contribution is -2.38. The van der Waals surface area contributed by atoms with E-state index in [1.54, 1.807) is 0 Å². The third-order valence-electron chi connectivity index (χ3n) is 2.55. The number of aliphatic hydroxyl groups excluding tert-OH is 1. The van der Waals surface area contributed by atoms with Crippen LogP contribution < -0.4 is 0 Å². The summed E-state index contributed by atoms with van der Waals surface area (Å²) >= 11 is 2.66. The monoisotopic (exact) mass is 344 g/mol. The Kier molecular flexibility index (Phi) is 4.73. The molecule has 1 nitrogen and oxygen atoms in total. The predicted octanol–water partition coefficient (Wildman–Crippen LogP) is 4.38. The molecule has 0 amide bonds. The molecule has 0 aliphatic carbocycles. The first-order chi connectivity index (χ1) is 8.69. The summed E-state index contributed by atoms with van der Waals surface area (Å²) in [6.45, 7) is 2.00. The summed E-state index contributed by atoms with van der Waals surface area (Å²) in [6.07, 6.45) is -0.565. The fraction of sp³-hybridized carbons (Fsp3) is 0.333. The van der Waals surface area contributed by atoms with Crippen LogP contribution in [0, 0.1) is 5.82 Å². The van der Waals surface area contributed by atoms with Crippen LogP contribution in [0.25, 0.3) is 0 Å². The fourth-order valence-corrected chi connectivity index (χ4v) is 2.02. The lowest BCUT2D eigenvalue weighted by atomic mass is 9.95. The first-order valence-electron chi connectivity index (χ1n) is 5.13. The third kappa shape index (κ3) is 2.81. The van der Waals surface area contributed by atoms with Crippen molar-refractivity contribution in [1.29, 1.82) is 0 Å². The van der Waals surface area contributed by atoms with Gasteiger partial charge in [0.25, 0.3) is 0 Å². The number of allylic oxidation sites excluding steroid dienone is 1. The van der Waals surface area contributed by atoms with Crippen molar-refractivity contribution in [3.63, 3.8) is 0 Å². The Labute approximate surface area is 114 Å². The van der Waals surface area contributed by atoms with Crippen molar-refractivity contribution >= 4 is 15.9 Å². The summed E-state index contributed by atoms with van der Waals surface area (Å²) in [5, 5.41) is 8.99. The van der Waals surface area contributed by atoms with Gasteiger partial charge in [-0.15, -0.1) is 6.58 Å². The molecule has 7 heteroatoms. The van der Waals surface area contributed by atoms with Crippen molar-refractivity contribution in [1.82, 2.24) is 0 Å². The lowest BCUT2D eigenvalue weighted by Gasteiger charge is -2.28. The molecule has 0 aliphatic heterocycles. The van der Waals surface area contributed by atoms with E-state index in [2.05, 4.69) is 22.5 Å². The molecule has 0 aromatic heterocycles. The molecule has 1 rings (SSSR count). The molecule has 0 aliphatic rings. The van der Waals surface area contributed by atoms with E-state index >= 15 is 0 Å². The summed E-state index contributed by atoms with van der Waals surface area (Å²) in [7, 11) is 0. The molecule has 106 valence electrons. The van der Waals surface area contributed by atoms with Gasteiger partial charge in [0, 0.05) is 17.5 Å². The maximum Gasteiger partial charge on any atom is 0.336 e. The summed E-state index contributed by atoms with van der Waals surface area (Å²) in [4.78, 5) is 0. The molecule has 1 N–H and O–H groups in total. The molecule has 0 heterocycles. The van der Waals surface area contributed by atoms with E-state index in [1.807, 2.05) is 0 Å². The molecular weight excluding hydrogens is 335 g/mol. The Morgan fingerprint density at radius 1 is 1.26 bits per heavy atom. The van der Waals surface area contributed by atoms with Crippen LogP contribution in [0.1, 0.15) is 17.5 Å². The Bertz CT molecular complexity index is 487. The standard InChI is InChI=1S/C12H10BrF5O/c1-2-5-11(15,16)12(17,18)8-3-4-9(14)10(13)7(8)6-19/h2-4,19H,1,5-6H2. The average Bonchev–Trinajstić information content (AvgIpc) is 2.31. The minimum Gasteiger partial charge on any atom is -0.392 e. The van der Waals surface area contributed by atoms with Crippen LogP contribution in [-0.4, -0.2) is 11.0 Å². The maximum atomic E-state index is 13.8. The first kappa shape index (κ1) is 16.1. The van der Waals surface area contributed by atoms with Gasteiger partial charge in [-0.3, -0.25) is 0 Å². The van der Waals surface area contributed by atoms with Crippen LogP contribution in [0.5, 0.6) is 0 Å². The number of benzene rings is 1.